The average Bonchev–Trinajstić information content (AvgIpc) is 2.87. The topological polar surface area (TPSA) is 40.5 Å². The van der Waals surface area contributed by atoms with Gasteiger partial charge in [0, 0.05) is 11.8 Å². The Morgan fingerprint density at radius 3 is 2.59 bits per heavy atom. The van der Waals surface area contributed by atoms with Gasteiger partial charge in [-0.25, -0.2) is 0 Å². The van der Waals surface area contributed by atoms with Crippen molar-refractivity contribution in [1.82, 2.24) is 0 Å². The van der Waals surface area contributed by atoms with Crippen LogP contribution in [0.2, 0.25) is 0 Å². The van der Waals surface area contributed by atoms with Crippen LogP contribution in [0.25, 0.3) is 0 Å². The van der Waals surface area contributed by atoms with Gasteiger partial charge >= 0.3 is 0 Å². The molecule has 2 saturated carbocycles. The Bertz CT molecular complexity index is 560. The first-order valence-electron chi connectivity index (χ1n) is 9.18. The summed E-state index contributed by atoms with van der Waals surface area (Å²) in [5, 5.41) is 20.9. The average molecular weight is 302 g/mol. The van der Waals surface area contributed by atoms with Crippen LogP contribution in [-0.4, -0.2) is 10.2 Å². The van der Waals surface area contributed by atoms with Crippen LogP contribution in [0, 0.1) is 34.5 Å². The Kier molecular flexibility index (Phi) is 3.03. The number of hydrogen-bond acceptors (Lipinski definition) is 2. The summed E-state index contributed by atoms with van der Waals surface area (Å²) >= 11 is 0. The molecule has 4 aliphatic rings. The van der Waals surface area contributed by atoms with E-state index in [-0.39, 0.29) is 11.2 Å². The molecule has 0 amide bonds. The largest absolute Gasteiger partial charge is 0.509 e. The Morgan fingerprint density at radius 2 is 1.82 bits per heavy atom. The van der Waals surface area contributed by atoms with Crippen LogP contribution < -0.4 is 0 Å². The molecule has 0 unspecified atom stereocenters. The molecule has 0 bridgehead atoms. The van der Waals surface area contributed by atoms with Crippen molar-refractivity contribution < 1.29 is 10.2 Å². The minimum Gasteiger partial charge on any atom is -0.509 e. The molecule has 0 spiro atoms. The van der Waals surface area contributed by atoms with Gasteiger partial charge in [-0.15, -0.1) is 0 Å². The van der Waals surface area contributed by atoms with Crippen molar-refractivity contribution in [3.8, 4) is 0 Å². The molecule has 0 heterocycles. The van der Waals surface area contributed by atoms with E-state index in [1.807, 2.05) is 0 Å². The van der Waals surface area contributed by atoms with Gasteiger partial charge in [-0.3, -0.25) is 0 Å². The third kappa shape index (κ3) is 1.67. The fourth-order valence-electron chi connectivity index (χ4n) is 6.77. The highest BCUT2D eigenvalue weighted by Gasteiger charge is 2.59. The summed E-state index contributed by atoms with van der Waals surface area (Å²) in [6.45, 7) is 7.05. The van der Waals surface area contributed by atoms with E-state index in [1.54, 1.807) is 5.57 Å². The number of hydrogen-bond donors (Lipinski definition) is 2. The van der Waals surface area contributed by atoms with E-state index in [2.05, 4.69) is 26.8 Å². The second-order valence-corrected chi connectivity index (χ2v) is 8.96. The third-order valence-corrected chi connectivity index (χ3v) is 8.06. The monoisotopic (exact) mass is 302 g/mol. The zero-order valence-electron chi connectivity index (χ0n) is 14.2. The lowest BCUT2D eigenvalue weighted by atomic mass is 9.46. The van der Waals surface area contributed by atoms with Gasteiger partial charge in [0.25, 0.3) is 0 Å². The fraction of sp³-hybridized carbons (Fsp3) is 0.800. The van der Waals surface area contributed by atoms with Gasteiger partial charge in [0.2, 0.25) is 0 Å². The SMILES string of the molecule is CC1=C[C@@H]2CCC(O)=C(O)[C@]2(C)[C@H]2CC[C@]3(C)CCC[C@H]3[C@H]12. The van der Waals surface area contributed by atoms with Crippen molar-refractivity contribution >= 4 is 0 Å². The molecule has 2 nitrogen and oxygen atoms in total. The van der Waals surface area contributed by atoms with Crippen LogP contribution >= 0.6 is 0 Å². The third-order valence-electron chi connectivity index (χ3n) is 8.06. The van der Waals surface area contributed by atoms with E-state index in [9.17, 15) is 10.2 Å². The number of fused-ring (bicyclic) bond motifs is 5. The van der Waals surface area contributed by atoms with Crippen LogP contribution in [0.1, 0.15) is 65.7 Å². The van der Waals surface area contributed by atoms with Crippen LogP contribution in [0.15, 0.2) is 23.2 Å². The van der Waals surface area contributed by atoms with Crippen LogP contribution in [-0.2, 0) is 0 Å². The number of rotatable bonds is 0. The quantitative estimate of drug-likeness (QED) is 0.578. The van der Waals surface area contributed by atoms with Gasteiger partial charge in [0.05, 0.1) is 0 Å². The highest BCUT2D eigenvalue weighted by Crippen LogP contribution is 2.66. The maximum Gasteiger partial charge on any atom is 0.136 e. The number of aliphatic hydroxyl groups is 2. The normalized spacial score (nSPS) is 51.0. The van der Waals surface area contributed by atoms with Crippen molar-refractivity contribution in [1.29, 1.82) is 0 Å². The van der Waals surface area contributed by atoms with Crippen LogP contribution in [0.4, 0.5) is 0 Å². The molecule has 6 atom stereocenters. The Morgan fingerprint density at radius 1 is 1.05 bits per heavy atom. The molecular weight excluding hydrogens is 272 g/mol. The number of allylic oxidation sites excluding steroid dienone is 4. The van der Waals surface area contributed by atoms with Gasteiger partial charge in [-0.2, -0.15) is 0 Å². The Balaban J connectivity index is 1.82. The van der Waals surface area contributed by atoms with Crippen LogP contribution in [0.5, 0.6) is 0 Å². The number of aliphatic hydroxyl groups excluding tert-OH is 2. The van der Waals surface area contributed by atoms with Gasteiger partial charge in [0.15, 0.2) is 0 Å². The van der Waals surface area contributed by atoms with E-state index in [1.165, 1.54) is 32.1 Å². The molecule has 0 aromatic heterocycles. The molecule has 2 N–H and O–H groups in total. The van der Waals surface area contributed by atoms with E-state index in [0.717, 1.165) is 12.3 Å². The smallest absolute Gasteiger partial charge is 0.136 e. The molecule has 0 aromatic carbocycles. The Labute approximate surface area is 134 Å². The van der Waals surface area contributed by atoms with E-state index in [4.69, 9.17) is 0 Å². The molecule has 0 radical (unpaired) electrons. The van der Waals surface area contributed by atoms with E-state index in [0.29, 0.717) is 35.3 Å². The van der Waals surface area contributed by atoms with Gasteiger partial charge in [0.1, 0.15) is 11.5 Å². The molecule has 2 heteroatoms. The van der Waals surface area contributed by atoms with Gasteiger partial charge in [-0.1, -0.05) is 31.9 Å². The highest BCUT2D eigenvalue weighted by atomic mass is 16.3. The lowest BCUT2D eigenvalue weighted by Crippen LogP contribution is -2.52. The van der Waals surface area contributed by atoms with Crippen LogP contribution in [0.3, 0.4) is 0 Å². The lowest BCUT2D eigenvalue weighted by molar-refractivity contribution is -0.0465. The van der Waals surface area contributed by atoms with E-state index >= 15 is 0 Å². The second-order valence-electron chi connectivity index (χ2n) is 8.96. The zero-order chi connectivity index (χ0) is 15.7. The minimum absolute atomic E-state index is 0.240. The lowest BCUT2D eigenvalue weighted by Gasteiger charge is -2.58. The van der Waals surface area contributed by atoms with Gasteiger partial charge in [-0.05, 0) is 68.1 Å². The first-order chi connectivity index (χ1) is 10.4. The summed E-state index contributed by atoms with van der Waals surface area (Å²) in [7, 11) is 0. The molecule has 122 valence electrons. The van der Waals surface area contributed by atoms with Crippen molar-refractivity contribution in [2.45, 2.75) is 65.7 Å². The molecule has 22 heavy (non-hydrogen) atoms. The molecule has 0 aromatic rings. The van der Waals surface area contributed by atoms with E-state index < -0.39 is 0 Å². The molecular formula is C20H30O2. The van der Waals surface area contributed by atoms with Crippen molar-refractivity contribution in [3.05, 3.63) is 23.2 Å². The standard InChI is InChI=1S/C20H30O2/c1-12-11-13-6-7-16(21)18(22)20(13,3)15-8-10-19(2)9-4-5-14(19)17(12)15/h11,13-15,17,21-22H,4-10H2,1-3H3/t13-,14-,15-,17-,19-,20-/m0/s1. The minimum atomic E-state index is -0.240. The summed E-state index contributed by atoms with van der Waals surface area (Å²) in [4.78, 5) is 0. The summed E-state index contributed by atoms with van der Waals surface area (Å²) in [5.74, 6) is 2.85. The summed E-state index contributed by atoms with van der Waals surface area (Å²) in [6, 6.07) is 0. The molecule has 0 aliphatic heterocycles. The summed E-state index contributed by atoms with van der Waals surface area (Å²) in [6.07, 6.45) is 10.7. The first-order valence-corrected chi connectivity index (χ1v) is 9.18. The molecule has 4 aliphatic carbocycles. The fourth-order valence-corrected chi connectivity index (χ4v) is 6.77. The highest BCUT2D eigenvalue weighted by molar-refractivity contribution is 5.30. The first kappa shape index (κ1) is 14.7. The predicted molar refractivity (Wildman–Crippen MR) is 88.5 cm³/mol. The summed E-state index contributed by atoms with van der Waals surface area (Å²) < 4.78 is 0. The molecule has 2 fully saturated rings. The summed E-state index contributed by atoms with van der Waals surface area (Å²) in [5.41, 5.74) is 1.84. The van der Waals surface area contributed by atoms with Crippen molar-refractivity contribution in [2.24, 2.45) is 34.5 Å². The predicted octanol–water partition coefficient (Wildman–Crippen LogP) is 5.52. The maximum atomic E-state index is 10.8. The second kappa shape index (κ2) is 4.55. The molecule has 4 rings (SSSR count). The maximum absolute atomic E-state index is 10.8. The zero-order valence-corrected chi connectivity index (χ0v) is 14.2. The van der Waals surface area contributed by atoms with Crippen molar-refractivity contribution in [3.63, 3.8) is 0 Å². The molecule has 0 saturated heterocycles. The van der Waals surface area contributed by atoms with Crippen molar-refractivity contribution in [2.75, 3.05) is 0 Å². The Hall–Kier alpha value is -0.920. The van der Waals surface area contributed by atoms with Gasteiger partial charge < -0.3 is 10.2 Å².